The topological polar surface area (TPSA) is 30.5 Å². The van der Waals surface area contributed by atoms with Crippen molar-refractivity contribution in [3.05, 3.63) is 53.8 Å². The molecule has 21 heavy (non-hydrogen) atoms. The van der Waals surface area contributed by atoms with Gasteiger partial charge in [0.1, 0.15) is 17.3 Å². The lowest BCUT2D eigenvalue weighted by atomic mass is 10.1. The van der Waals surface area contributed by atoms with Crippen LogP contribution < -0.4 is 14.8 Å². The van der Waals surface area contributed by atoms with E-state index >= 15 is 0 Å². The monoisotopic (exact) mass is 289 g/mol. The van der Waals surface area contributed by atoms with Gasteiger partial charge < -0.3 is 14.8 Å². The first kappa shape index (κ1) is 15.2. The molecule has 1 atom stereocenters. The molecule has 2 aromatic carbocycles. The highest BCUT2D eigenvalue weighted by atomic mass is 19.1. The Balaban J connectivity index is 2.08. The normalized spacial score (nSPS) is 11.8. The van der Waals surface area contributed by atoms with E-state index in [9.17, 15) is 4.39 Å². The number of rotatable bonds is 6. The average Bonchev–Trinajstić information content (AvgIpc) is 2.49. The van der Waals surface area contributed by atoms with Crippen LogP contribution >= 0.6 is 0 Å². The molecule has 0 spiro atoms. The Bertz CT molecular complexity index is 584. The van der Waals surface area contributed by atoms with Crippen LogP contribution in [0.5, 0.6) is 11.5 Å². The zero-order chi connectivity index (χ0) is 15.2. The Morgan fingerprint density at radius 1 is 1.10 bits per heavy atom. The highest BCUT2D eigenvalue weighted by Crippen LogP contribution is 2.25. The summed E-state index contributed by atoms with van der Waals surface area (Å²) in [5.41, 5.74) is 1.52. The minimum atomic E-state index is -0.278. The van der Waals surface area contributed by atoms with Gasteiger partial charge in [-0.15, -0.1) is 0 Å². The highest BCUT2D eigenvalue weighted by molar-refractivity contribution is 5.48. The van der Waals surface area contributed by atoms with Crippen molar-refractivity contribution in [1.29, 1.82) is 0 Å². The first-order valence-corrected chi connectivity index (χ1v) is 6.97. The molecule has 0 saturated carbocycles. The summed E-state index contributed by atoms with van der Waals surface area (Å²) in [6, 6.07) is 12.4. The molecule has 1 N–H and O–H groups in total. The number of benzene rings is 2. The van der Waals surface area contributed by atoms with Crippen LogP contribution in [-0.4, -0.2) is 13.7 Å². The lowest BCUT2D eigenvalue weighted by Crippen LogP contribution is -2.08. The first-order valence-electron chi connectivity index (χ1n) is 6.97. The van der Waals surface area contributed by atoms with E-state index in [2.05, 4.69) is 5.32 Å². The Morgan fingerprint density at radius 3 is 2.33 bits per heavy atom. The van der Waals surface area contributed by atoms with Crippen molar-refractivity contribution in [3.8, 4) is 11.5 Å². The molecule has 112 valence electrons. The molecule has 0 saturated heterocycles. The smallest absolute Gasteiger partial charge is 0.132 e. The van der Waals surface area contributed by atoms with E-state index < -0.39 is 0 Å². The van der Waals surface area contributed by atoms with Crippen molar-refractivity contribution in [2.75, 3.05) is 19.0 Å². The van der Waals surface area contributed by atoms with E-state index in [0.29, 0.717) is 17.9 Å². The molecule has 0 aliphatic carbocycles. The van der Waals surface area contributed by atoms with Crippen LogP contribution in [0.2, 0.25) is 0 Å². The van der Waals surface area contributed by atoms with Crippen molar-refractivity contribution < 1.29 is 13.9 Å². The molecule has 0 amide bonds. The SMILES string of the molecule is CCOc1ccc(NC(C)c2ccc(OC)cc2F)cc1. The van der Waals surface area contributed by atoms with E-state index in [4.69, 9.17) is 9.47 Å². The molecule has 0 aliphatic rings. The Labute approximate surface area is 124 Å². The molecule has 4 heteroatoms. The molecule has 1 unspecified atom stereocenters. The van der Waals surface area contributed by atoms with Crippen LogP contribution in [-0.2, 0) is 0 Å². The van der Waals surface area contributed by atoms with Gasteiger partial charge in [-0.3, -0.25) is 0 Å². The summed E-state index contributed by atoms with van der Waals surface area (Å²) in [6.07, 6.45) is 0. The summed E-state index contributed by atoms with van der Waals surface area (Å²) < 4.78 is 24.4. The number of hydrogen-bond acceptors (Lipinski definition) is 3. The van der Waals surface area contributed by atoms with Crippen molar-refractivity contribution in [1.82, 2.24) is 0 Å². The zero-order valence-corrected chi connectivity index (χ0v) is 12.5. The van der Waals surface area contributed by atoms with E-state index in [1.807, 2.05) is 38.1 Å². The van der Waals surface area contributed by atoms with Crippen molar-refractivity contribution in [2.45, 2.75) is 19.9 Å². The second-order valence-electron chi connectivity index (χ2n) is 4.71. The van der Waals surface area contributed by atoms with Crippen LogP contribution in [0, 0.1) is 5.82 Å². The molecule has 2 aromatic rings. The standard InChI is InChI=1S/C17H20FNO2/c1-4-21-14-7-5-13(6-8-14)19-12(2)16-10-9-15(20-3)11-17(16)18/h5-12,19H,4H2,1-3H3. The maximum absolute atomic E-state index is 14.0. The lowest BCUT2D eigenvalue weighted by molar-refractivity contribution is 0.340. The zero-order valence-electron chi connectivity index (χ0n) is 12.5. The molecule has 0 bridgehead atoms. The van der Waals surface area contributed by atoms with Crippen LogP contribution in [0.3, 0.4) is 0 Å². The number of nitrogens with one attached hydrogen (secondary N) is 1. The molecule has 0 radical (unpaired) electrons. The minimum absolute atomic E-state index is 0.145. The molecule has 2 rings (SSSR count). The van der Waals surface area contributed by atoms with Gasteiger partial charge in [0.25, 0.3) is 0 Å². The van der Waals surface area contributed by atoms with Gasteiger partial charge in [0.05, 0.1) is 19.8 Å². The number of methoxy groups -OCH3 is 1. The van der Waals surface area contributed by atoms with Gasteiger partial charge in [-0.25, -0.2) is 4.39 Å². The van der Waals surface area contributed by atoms with Gasteiger partial charge in [0, 0.05) is 17.3 Å². The van der Waals surface area contributed by atoms with Gasteiger partial charge in [0.15, 0.2) is 0 Å². The van der Waals surface area contributed by atoms with Crippen molar-refractivity contribution >= 4 is 5.69 Å². The number of ether oxygens (including phenoxy) is 2. The molecular formula is C17H20FNO2. The second-order valence-corrected chi connectivity index (χ2v) is 4.71. The number of halogens is 1. The molecular weight excluding hydrogens is 269 g/mol. The molecule has 0 heterocycles. The largest absolute Gasteiger partial charge is 0.497 e. The maximum Gasteiger partial charge on any atom is 0.132 e. The van der Waals surface area contributed by atoms with Gasteiger partial charge in [-0.05, 0) is 44.2 Å². The van der Waals surface area contributed by atoms with Gasteiger partial charge in [-0.2, -0.15) is 0 Å². The fourth-order valence-corrected chi connectivity index (χ4v) is 2.13. The summed E-state index contributed by atoms with van der Waals surface area (Å²) >= 11 is 0. The number of hydrogen-bond donors (Lipinski definition) is 1. The third-order valence-corrected chi connectivity index (χ3v) is 3.22. The van der Waals surface area contributed by atoms with E-state index in [1.165, 1.54) is 13.2 Å². The predicted molar refractivity (Wildman–Crippen MR) is 82.6 cm³/mol. The van der Waals surface area contributed by atoms with Crippen molar-refractivity contribution in [3.63, 3.8) is 0 Å². The number of anilines is 1. The summed E-state index contributed by atoms with van der Waals surface area (Å²) in [6.45, 7) is 4.50. The lowest BCUT2D eigenvalue weighted by Gasteiger charge is -2.17. The quantitative estimate of drug-likeness (QED) is 0.854. The van der Waals surface area contributed by atoms with Crippen LogP contribution in [0.15, 0.2) is 42.5 Å². The fraction of sp³-hybridized carbons (Fsp3) is 0.294. The summed E-state index contributed by atoms with van der Waals surface area (Å²) in [5, 5.41) is 3.27. The fourth-order valence-electron chi connectivity index (χ4n) is 2.13. The van der Waals surface area contributed by atoms with Gasteiger partial charge >= 0.3 is 0 Å². The van der Waals surface area contributed by atoms with Gasteiger partial charge in [0.2, 0.25) is 0 Å². The molecule has 0 aromatic heterocycles. The third-order valence-electron chi connectivity index (χ3n) is 3.22. The predicted octanol–water partition coefficient (Wildman–Crippen LogP) is 4.41. The van der Waals surface area contributed by atoms with Crippen LogP contribution in [0.1, 0.15) is 25.5 Å². The third kappa shape index (κ3) is 3.88. The second kappa shape index (κ2) is 6.97. The Hall–Kier alpha value is -2.23. The molecule has 0 aliphatic heterocycles. The van der Waals surface area contributed by atoms with E-state index in [-0.39, 0.29) is 11.9 Å². The first-order chi connectivity index (χ1) is 10.1. The summed E-state index contributed by atoms with van der Waals surface area (Å²) in [7, 11) is 1.52. The van der Waals surface area contributed by atoms with E-state index in [1.54, 1.807) is 12.1 Å². The summed E-state index contributed by atoms with van der Waals surface area (Å²) in [5.74, 6) is 1.07. The van der Waals surface area contributed by atoms with E-state index in [0.717, 1.165) is 11.4 Å². The van der Waals surface area contributed by atoms with Gasteiger partial charge in [-0.1, -0.05) is 6.07 Å². The summed E-state index contributed by atoms with van der Waals surface area (Å²) in [4.78, 5) is 0. The maximum atomic E-state index is 14.0. The highest BCUT2D eigenvalue weighted by Gasteiger charge is 2.11. The Morgan fingerprint density at radius 2 is 1.76 bits per heavy atom. The molecule has 3 nitrogen and oxygen atoms in total. The van der Waals surface area contributed by atoms with Crippen LogP contribution in [0.25, 0.3) is 0 Å². The van der Waals surface area contributed by atoms with Crippen LogP contribution in [0.4, 0.5) is 10.1 Å². The molecule has 0 fully saturated rings. The Kier molecular flexibility index (Phi) is 5.04. The average molecular weight is 289 g/mol. The minimum Gasteiger partial charge on any atom is -0.497 e. The van der Waals surface area contributed by atoms with Crippen molar-refractivity contribution in [2.24, 2.45) is 0 Å².